The Hall–Kier alpha value is -1.40. The topological polar surface area (TPSA) is 36.2 Å². The normalized spacial score (nSPS) is 8.91. The summed E-state index contributed by atoms with van der Waals surface area (Å²) in [4.78, 5) is 3.76. The summed E-state index contributed by atoms with van der Waals surface area (Å²) >= 11 is 0. The summed E-state index contributed by atoms with van der Waals surface area (Å²) in [5.41, 5.74) is 3.13. The molecule has 0 amide bonds. The molecule has 0 aliphatic rings. The molecule has 11 heavy (non-hydrogen) atoms. The highest BCUT2D eigenvalue weighted by molar-refractivity contribution is 5.54. The fraction of sp³-hybridized carbons (Fsp3) is 0.222. The second-order valence-electron chi connectivity index (χ2n) is 2.51. The fourth-order valence-electron chi connectivity index (χ4n) is 0.991. The predicted octanol–water partition coefficient (Wildman–Crippen LogP) is 2.69. The molecule has 0 spiro atoms. The standard InChI is InChI=1S/C9H10N2/c1-7-3-4-9(11-6-10)8(2)5-7/h3-5,10H,1-2H3. The van der Waals surface area contributed by atoms with Crippen LogP contribution in [0.2, 0.25) is 0 Å². The number of nitrogens with zero attached hydrogens (tertiary/aromatic N) is 1. The smallest absolute Gasteiger partial charge is 0.0918 e. The van der Waals surface area contributed by atoms with Crippen molar-refractivity contribution in [1.29, 1.82) is 5.41 Å². The van der Waals surface area contributed by atoms with E-state index < -0.39 is 0 Å². The maximum atomic E-state index is 6.67. The van der Waals surface area contributed by atoms with Crippen LogP contribution in [0.4, 0.5) is 5.69 Å². The first kappa shape index (κ1) is 7.70. The highest BCUT2D eigenvalue weighted by atomic mass is 14.7. The van der Waals surface area contributed by atoms with E-state index in [1.165, 1.54) is 5.56 Å². The van der Waals surface area contributed by atoms with Gasteiger partial charge in [-0.25, -0.2) is 5.41 Å². The van der Waals surface area contributed by atoms with Crippen LogP contribution in [0.3, 0.4) is 0 Å². The van der Waals surface area contributed by atoms with Crippen molar-refractivity contribution in [2.45, 2.75) is 13.8 Å². The highest BCUT2D eigenvalue weighted by Crippen LogP contribution is 2.18. The Bertz CT molecular complexity index is 309. The van der Waals surface area contributed by atoms with E-state index in [9.17, 15) is 0 Å². The number of aryl methyl sites for hydroxylation is 2. The van der Waals surface area contributed by atoms with Crippen molar-refractivity contribution in [2.24, 2.45) is 4.99 Å². The lowest BCUT2D eigenvalue weighted by atomic mass is 10.1. The van der Waals surface area contributed by atoms with Crippen LogP contribution in [-0.4, -0.2) is 6.01 Å². The van der Waals surface area contributed by atoms with Crippen LogP contribution in [0.15, 0.2) is 23.2 Å². The third kappa shape index (κ3) is 1.76. The maximum Gasteiger partial charge on any atom is 0.0918 e. The Kier molecular flexibility index (Phi) is 2.19. The first-order valence-corrected chi connectivity index (χ1v) is 3.44. The van der Waals surface area contributed by atoms with Gasteiger partial charge in [0.25, 0.3) is 0 Å². The van der Waals surface area contributed by atoms with Crippen molar-refractivity contribution < 1.29 is 0 Å². The molecule has 0 heterocycles. The zero-order chi connectivity index (χ0) is 8.27. The van der Waals surface area contributed by atoms with E-state index in [-0.39, 0.29) is 0 Å². The number of hydrogen-bond donors (Lipinski definition) is 1. The van der Waals surface area contributed by atoms with Gasteiger partial charge in [-0.05, 0) is 25.5 Å². The van der Waals surface area contributed by atoms with Crippen LogP contribution >= 0.6 is 0 Å². The molecule has 0 saturated carbocycles. The van der Waals surface area contributed by atoms with Crippen LogP contribution in [0.1, 0.15) is 11.1 Å². The summed E-state index contributed by atoms with van der Waals surface area (Å²) in [5, 5.41) is 6.67. The molecule has 0 atom stereocenters. The van der Waals surface area contributed by atoms with Crippen molar-refractivity contribution in [3.63, 3.8) is 0 Å². The van der Waals surface area contributed by atoms with Gasteiger partial charge in [0.2, 0.25) is 0 Å². The second kappa shape index (κ2) is 3.13. The predicted molar refractivity (Wildman–Crippen MR) is 45.7 cm³/mol. The molecule has 2 nitrogen and oxygen atoms in total. The van der Waals surface area contributed by atoms with Crippen LogP contribution in [0.25, 0.3) is 0 Å². The zero-order valence-electron chi connectivity index (χ0n) is 6.68. The van der Waals surface area contributed by atoms with Gasteiger partial charge in [0, 0.05) is 0 Å². The zero-order valence-corrected chi connectivity index (χ0v) is 6.68. The summed E-state index contributed by atoms with van der Waals surface area (Å²) in [6, 6.07) is 7.93. The molecule has 0 aliphatic carbocycles. The molecule has 0 fully saturated rings. The van der Waals surface area contributed by atoms with Crippen LogP contribution in [0.5, 0.6) is 0 Å². The van der Waals surface area contributed by atoms with Gasteiger partial charge < -0.3 is 0 Å². The lowest BCUT2D eigenvalue weighted by Crippen LogP contribution is -1.76. The quantitative estimate of drug-likeness (QED) is 0.591. The summed E-state index contributed by atoms with van der Waals surface area (Å²) in [7, 11) is 0. The van der Waals surface area contributed by atoms with Crippen molar-refractivity contribution in [3.05, 3.63) is 29.3 Å². The summed E-state index contributed by atoms with van der Waals surface area (Å²) in [6.45, 7) is 4.01. The van der Waals surface area contributed by atoms with E-state index in [1.807, 2.05) is 38.1 Å². The molecule has 1 N–H and O–H groups in total. The van der Waals surface area contributed by atoms with Crippen molar-refractivity contribution in [3.8, 4) is 0 Å². The number of rotatable bonds is 1. The monoisotopic (exact) mass is 146 g/mol. The summed E-state index contributed by atoms with van der Waals surface area (Å²) in [5.74, 6) is 0. The lowest BCUT2D eigenvalue weighted by Gasteiger charge is -1.98. The lowest BCUT2D eigenvalue weighted by molar-refractivity contribution is 1.34. The number of nitrogens with one attached hydrogen (secondary N) is 1. The minimum absolute atomic E-state index is 0.825. The SMILES string of the molecule is Cc1ccc(N=C=N)c(C)c1. The molecule has 0 saturated heterocycles. The van der Waals surface area contributed by atoms with Gasteiger partial charge in [-0.2, -0.15) is 4.99 Å². The Balaban J connectivity index is 3.19. The van der Waals surface area contributed by atoms with Crippen molar-refractivity contribution >= 4 is 11.7 Å². The fourth-order valence-corrected chi connectivity index (χ4v) is 0.991. The van der Waals surface area contributed by atoms with E-state index in [0.717, 1.165) is 11.3 Å². The Morgan fingerprint density at radius 3 is 2.64 bits per heavy atom. The van der Waals surface area contributed by atoms with Gasteiger partial charge in [-0.15, -0.1) is 0 Å². The highest BCUT2D eigenvalue weighted by Gasteiger charge is 1.93. The van der Waals surface area contributed by atoms with Crippen LogP contribution in [-0.2, 0) is 0 Å². The molecule has 0 aromatic heterocycles. The van der Waals surface area contributed by atoms with Crippen LogP contribution < -0.4 is 0 Å². The van der Waals surface area contributed by atoms with Crippen LogP contribution in [0, 0.1) is 19.3 Å². The number of hydrogen-bond acceptors (Lipinski definition) is 2. The maximum absolute atomic E-state index is 6.67. The van der Waals surface area contributed by atoms with Crippen molar-refractivity contribution in [1.82, 2.24) is 0 Å². The minimum atomic E-state index is 0.825. The minimum Gasteiger partial charge on any atom is -0.241 e. The van der Waals surface area contributed by atoms with Gasteiger partial charge in [0.15, 0.2) is 0 Å². The van der Waals surface area contributed by atoms with Gasteiger partial charge >= 0.3 is 0 Å². The van der Waals surface area contributed by atoms with Gasteiger partial charge in [0.1, 0.15) is 0 Å². The third-order valence-corrected chi connectivity index (χ3v) is 1.53. The molecule has 2 heteroatoms. The Morgan fingerprint density at radius 2 is 2.09 bits per heavy atom. The molecule has 1 aromatic carbocycles. The average Bonchev–Trinajstić information content (AvgIpc) is 1.95. The molecule has 0 bridgehead atoms. The summed E-state index contributed by atoms with van der Waals surface area (Å²) in [6.07, 6.45) is 0. The first-order chi connectivity index (χ1) is 5.24. The van der Waals surface area contributed by atoms with E-state index in [4.69, 9.17) is 5.41 Å². The molecular weight excluding hydrogens is 136 g/mol. The third-order valence-electron chi connectivity index (χ3n) is 1.53. The molecular formula is C9H10N2. The molecule has 0 aliphatic heterocycles. The van der Waals surface area contributed by atoms with Gasteiger partial charge in [-0.3, -0.25) is 0 Å². The first-order valence-electron chi connectivity index (χ1n) is 3.44. The van der Waals surface area contributed by atoms with E-state index >= 15 is 0 Å². The summed E-state index contributed by atoms with van der Waals surface area (Å²) < 4.78 is 0. The van der Waals surface area contributed by atoms with Crippen molar-refractivity contribution in [2.75, 3.05) is 0 Å². The van der Waals surface area contributed by atoms with Gasteiger partial charge in [0.05, 0.1) is 11.7 Å². The molecule has 0 radical (unpaired) electrons. The number of benzene rings is 1. The number of aliphatic imine (C=N–C) groups is 1. The molecule has 0 unspecified atom stereocenters. The van der Waals surface area contributed by atoms with E-state index in [2.05, 4.69) is 4.99 Å². The molecule has 56 valence electrons. The largest absolute Gasteiger partial charge is 0.241 e. The van der Waals surface area contributed by atoms with E-state index in [1.54, 1.807) is 0 Å². The van der Waals surface area contributed by atoms with E-state index in [0.29, 0.717) is 0 Å². The Morgan fingerprint density at radius 1 is 1.36 bits per heavy atom. The average molecular weight is 146 g/mol. The molecule has 1 rings (SSSR count). The van der Waals surface area contributed by atoms with Gasteiger partial charge in [-0.1, -0.05) is 17.7 Å². The Labute approximate surface area is 66.1 Å². The molecule has 1 aromatic rings. The second-order valence-corrected chi connectivity index (χ2v) is 2.51.